The number of anilines is 1. The monoisotopic (exact) mass is 412 g/mol. The number of aromatic nitrogens is 1. The van der Waals surface area contributed by atoms with E-state index in [1.807, 2.05) is 30.3 Å². The third-order valence-electron chi connectivity index (χ3n) is 4.74. The molecule has 0 bridgehead atoms. The Balaban J connectivity index is 1.42. The zero-order chi connectivity index (χ0) is 20.4. The van der Waals surface area contributed by atoms with Crippen LogP contribution in [0.4, 0.5) is 5.69 Å². The Morgan fingerprint density at radius 1 is 1.14 bits per heavy atom. The Morgan fingerprint density at radius 2 is 1.86 bits per heavy atom. The number of benzene rings is 2. The average molecular weight is 412 g/mol. The molecular formula is C21H20N2O5S. The molecule has 4 rings (SSSR count). The van der Waals surface area contributed by atoms with E-state index in [1.54, 1.807) is 31.2 Å². The minimum atomic E-state index is -3.25. The molecule has 0 unspecified atom stereocenters. The highest BCUT2D eigenvalue weighted by Gasteiger charge is 2.28. The molecule has 1 aromatic heterocycles. The van der Waals surface area contributed by atoms with Gasteiger partial charge in [-0.1, -0.05) is 18.2 Å². The Hall–Kier alpha value is -3.13. The largest absolute Gasteiger partial charge is 0.455 e. The zero-order valence-corrected chi connectivity index (χ0v) is 16.7. The molecule has 2 aromatic carbocycles. The summed E-state index contributed by atoms with van der Waals surface area (Å²) in [7, 11) is -3.25. The lowest BCUT2D eigenvalue weighted by Crippen LogP contribution is -2.25. The smallest absolute Gasteiger partial charge is 0.338 e. The van der Waals surface area contributed by atoms with E-state index in [2.05, 4.69) is 4.98 Å². The van der Waals surface area contributed by atoms with Crippen molar-refractivity contribution in [3.8, 4) is 11.5 Å². The fraction of sp³-hybridized carbons (Fsp3) is 0.238. The predicted octanol–water partition coefficient (Wildman–Crippen LogP) is 3.55. The van der Waals surface area contributed by atoms with E-state index >= 15 is 0 Å². The Morgan fingerprint density at radius 3 is 2.52 bits per heavy atom. The Labute approximate surface area is 169 Å². The first kappa shape index (κ1) is 19.2. The predicted molar refractivity (Wildman–Crippen MR) is 108 cm³/mol. The molecule has 0 radical (unpaired) electrons. The summed E-state index contributed by atoms with van der Waals surface area (Å²) in [6, 6.07) is 15.9. The van der Waals surface area contributed by atoms with E-state index in [-0.39, 0.29) is 12.4 Å². The second kappa shape index (κ2) is 7.71. The van der Waals surface area contributed by atoms with Gasteiger partial charge in [0.1, 0.15) is 18.1 Å². The van der Waals surface area contributed by atoms with Crippen molar-refractivity contribution in [1.29, 1.82) is 0 Å². The first-order valence-electron chi connectivity index (χ1n) is 9.23. The van der Waals surface area contributed by atoms with Crippen LogP contribution >= 0.6 is 0 Å². The molecule has 3 aromatic rings. The highest BCUT2D eigenvalue weighted by Crippen LogP contribution is 2.25. The fourth-order valence-electron chi connectivity index (χ4n) is 3.18. The number of carbonyl (C=O) groups is 1. The maximum Gasteiger partial charge on any atom is 0.338 e. The van der Waals surface area contributed by atoms with Crippen molar-refractivity contribution in [2.24, 2.45) is 0 Å². The van der Waals surface area contributed by atoms with Gasteiger partial charge in [-0.05, 0) is 49.7 Å². The molecule has 1 aliphatic heterocycles. The third-order valence-corrected chi connectivity index (χ3v) is 6.61. The van der Waals surface area contributed by atoms with E-state index in [4.69, 9.17) is 9.15 Å². The molecule has 0 N–H and O–H groups in total. The number of oxazole rings is 1. The summed E-state index contributed by atoms with van der Waals surface area (Å²) >= 11 is 0. The number of hydrogen-bond donors (Lipinski definition) is 0. The summed E-state index contributed by atoms with van der Waals surface area (Å²) < 4.78 is 36.4. The average Bonchev–Trinajstić information content (AvgIpc) is 3.28. The number of esters is 1. The minimum absolute atomic E-state index is 0.0107. The SMILES string of the molecule is Cc1oc(-c2ccccc2)nc1COC(=O)c1ccc(N2CCCS2(=O)=O)cc1. The molecule has 2 heterocycles. The van der Waals surface area contributed by atoms with Gasteiger partial charge in [0, 0.05) is 12.1 Å². The van der Waals surface area contributed by atoms with Crippen LogP contribution in [0, 0.1) is 6.92 Å². The normalized spacial score (nSPS) is 15.4. The molecule has 0 amide bonds. The summed E-state index contributed by atoms with van der Waals surface area (Å²) in [6.07, 6.45) is 0.605. The first-order valence-corrected chi connectivity index (χ1v) is 10.8. The van der Waals surface area contributed by atoms with E-state index < -0.39 is 16.0 Å². The van der Waals surface area contributed by atoms with Crippen molar-refractivity contribution in [2.75, 3.05) is 16.6 Å². The van der Waals surface area contributed by atoms with Gasteiger partial charge in [-0.15, -0.1) is 0 Å². The van der Waals surface area contributed by atoms with Crippen molar-refractivity contribution >= 4 is 21.7 Å². The number of rotatable bonds is 5. The third kappa shape index (κ3) is 4.02. The number of sulfonamides is 1. The van der Waals surface area contributed by atoms with Gasteiger partial charge >= 0.3 is 5.97 Å². The van der Waals surface area contributed by atoms with Crippen molar-refractivity contribution in [1.82, 2.24) is 4.98 Å². The van der Waals surface area contributed by atoms with Gasteiger partial charge < -0.3 is 9.15 Å². The van der Waals surface area contributed by atoms with E-state index in [0.717, 1.165) is 5.56 Å². The van der Waals surface area contributed by atoms with Gasteiger partial charge in [-0.3, -0.25) is 4.31 Å². The quantitative estimate of drug-likeness (QED) is 0.596. The lowest BCUT2D eigenvalue weighted by molar-refractivity contribution is 0.0467. The van der Waals surface area contributed by atoms with Crippen LogP contribution in [-0.2, 0) is 21.4 Å². The van der Waals surface area contributed by atoms with Crippen LogP contribution < -0.4 is 4.31 Å². The van der Waals surface area contributed by atoms with Crippen LogP contribution in [-0.4, -0.2) is 31.7 Å². The summed E-state index contributed by atoms with van der Waals surface area (Å²) in [5.41, 5.74) is 2.30. The zero-order valence-electron chi connectivity index (χ0n) is 15.9. The Bertz CT molecular complexity index is 1120. The molecule has 0 spiro atoms. The number of carbonyl (C=O) groups excluding carboxylic acids is 1. The molecule has 1 aliphatic rings. The van der Waals surface area contributed by atoms with Gasteiger partial charge in [-0.25, -0.2) is 18.2 Å². The first-order chi connectivity index (χ1) is 13.9. The number of nitrogens with zero attached hydrogens (tertiary/aromatic N) is 2. The van der Waals surface area contributed by atoms with Crippen LogP contribution in [0.15, 0.2) is 59.0 Å². The second-order valence-corrected chi connectivity index (χ2v) is 8.77. The summed E-state index contributed by atoms with van der Waals surface area (Å²) in [4.78, 5) is 16.8. The standard InChI is InChI=1S/C21H20N2O5S/c1-15-19(22-20(28-15)16-6-3-2-4-7-16)14-27-21(24)17-8-10-18(11-9-17)23-12-5-13-29(23,25)26/h2-4,6-11H,5,12-14H2,1H3. The highest BCUT2D eigenvalue weighted by molar-refractivity contribution is 7.93. The number of hydrogen-bond acceptors (Lipinski definition) is 6. The molecular weight excluding hydrogens is 392 g/mol. The lowest BCUT2D eigenvalue weighted by Gasteiger charge is -2.16. The summed E-state index contributed by atoms with van der Waals surface area (Å²) in [5, 5.41) is 0. The number of aryl methyl sites for hydroxylation is 1. The number of ether oxygens (including phenoxy) is 1. The van der Waals surface area contributed by atoms with Crippen LogP contribution in [0.1, 0.15) is 28.2 Å². The van der Waals surface area contributed by atoms with Crippen LogP contribution in [0.25, 0.3) is 11.5 Å². The molecule has 8 heteroatoms. The van der Waals surface area contributed by atoms with Crippen molar-refractivity contribution in [3.05, 3.63) is 71.6 Å². The molecule has 1 saturated heterocycles. The second-order valence-electron chi connectivity index (χ2n) is 6.75. The molecule has 7 nitrogen and oxygen atoms in total. The molecule has 150 valence electrons. The topological polar surface area (TPSA) is 89.7 Å². The molecule has 29 heavy (non-hydrogen) atoms. The summed E-state index contributed by atoms with van der Waals surface area (Å²) in [6.45, 7) is 2.22. The van der Waals surface area contributed by atoms with Crippen molar-refractivity contribution in [3.63, 3.8) is 0 Å². The van der Waals surface area contributed by atoms with Crippen LogP contribution in [0.5, 0.6) is 0 Å². The molecule has 0 aliphatic carbocycles. The Kier molecular flexibility index (Phi) is 5.10. The molecule has 1 fully saturated rings. The van der Waals surface area contributed by atoms with Gasteiger partial charge in [0.2, 0.25) is 15.9 Å². The lowest BCUT2D eigenvalue weighted by atomic mass is 10.2. The van der Waals surface area contributed by atoms with E-state index in [9.17, 15) is 13.2 Å². The van der Waals surface area contributed by atoms with Crippen LogP contribution in [0.2, 0.25) is 0 Å². The van der Waals surface area contributed by atoms with Gasteiger partial charge in [0.25, 0.3) is 0 Å². The maximum atomic E-state index is 12.4. The van der Waals surface area contributed by atoms with Gasteiger partial charge in [0.05, 0.1) is 17.0 Å². The van der Waals surface area contributed by atoms with Gasteiger partial charge in [-0.2, -0.15) is 0 Å². The molecule has 0 saturated carbocycles. The molecule has 0 atom stereocenters. The van der Waals surface area contributed by atoms with E-state index in [0.29, 0.717) is 41.6 Å². The van der Waals surface area contributed by atoms with Crippen LogP contribution in [0.3, 0.4) is 0 Å². The van der Waals surface area contributed by atoms with Crippen molar-refractivity contribution in [2.45, 2.75) is 20.0 Å². The maximum absolute atomic E-state index is 12.4. The summed E-state index contributed by atoms with van der Waals surface area (Å²) in [5.74, 6) is 0.708. The highest BCUT2D eigenvalue weighted by atomic mass is 32.2. The van der Waals surface area contributed by atoms with E-state index in [1.165, 1.54) is 4.31 Å². The fourth-order valence-corrected chi connectivity index (χ4v) is 4.74. The van der Waals surface area contributed by atoms with Crippen molar-refractivity contribution < 1.29 is 22.4 Å². The minimum Gasteiger partial charge on any atom is -0.455 e. The van der Waals surface area contributed by atoms with Gasteiger partial charge in [0.15, 0.2) is 0 Å².